The molecule has 2 aromatic rings. The number of rotatable bonds is 4. The highest BCUT2D eigenvalue weighted by Crippen LogP contribution is 2.33. The molecule has 0 N–H and O–H groups in total. The molecule has 26 heavy (non-hydrogen) atoms. The van der Waals surface area contributed by atoms with Gasteiger partial charge in [0.25, 0.3) is 0 Å². The SMILES string of the molecule is Cc1cc(N2CCC(C)(C)C2)cnc1-c1cn(CC2CCCCO2)nn1. The number of aryl methyl sites for hydroxylation is 1. The largest absolute Gasteiger partial charge is 0.376 e. The van der Waals surface area contributed by atoms with Gasteiger partial charge in [-0.1, -0.05) is 19.1 Å². The molecule has 1 atom stereocenters. The minimum atomic E-state index is 0.258. The first-order valence-corrected chi connectivity index (χ1v) is 9.74. The first-order chi connectivity index (χ1) is 12.5. The second-order valence-corrected chi connectivity index (χ2v) is 8.51. The average Bonchev–Trinajstić information content (AvgIpc) is 3.22. The van der Waals surface area contributed by atoms with Crippen LogP contribution in [-0.2, 0) is 11.3 Å². The van der Waals surface area contributed by atoms with Gasteiger partial charge in [0.2, 0.25) is 0 Å². The fourth-order valence-corrected chi connectivity index (χ4v) is 3.99. The summed E-state index contributed by atoms with van der Waals surface area (Å²) in [5, 5.41) is 8.63. The van der Waals surface area contributed by atoms with Crippen molar-refractivity contribution >= 4 is 5.69 Å². The van der Waals surface area contributed by atoms with Gasteiger partial charge in [-0.2, -0.15) is 0 Å². The van der Waals surface area contributed by atoms with Crippen LogP contribution in [0.4, 0.5) is 5.69 Å². The van der Waals surface area contributed by atoms with Crippen molar-refractivity contribution in [3.63, 3.8) is 0 Å². The molecule has 0 bridgehead atoms. The molecule has 2 aliphatic rings. The monoisotopic (exact) mass is 355 g/mol. The third-order valence-corrected chi connectivity index (χ3v) is 5.55. The van der Waals surface area contributed by atoms with Gasteiger partial charge in [-0.25, -0.2) is 4.68 Å². The molecule has 0 amide bonds. The van der Waals surface area contributed by atoms with E-state index in [-0.39, 0.29) is 6.10 Å². The van der Waals surface area contributed by atoms with Crippen LogP contribution in [0.5, 0.6) is 0 Å². The van der Waals surface area contributed by atoms with E-state index in [2.05, 4.69) is 42.0 Å². The van der Waals surface area contributed by atoms with Crippen LogP contribution in [0.1, 0.15) is 45.1 Å². The summed E-state index contributed by atoms with van der Waals surface area (Å²) in [5.74, 6) is 0. The molecule has 6 heteroatoms. The molecule has 0 aliphatic carbocycles. The van der Waals surface area contributed by atoms with Gasteiger partial charge in [0, 0.05) is 19.7 Å². The number of pyridine rings is 1. The molecule has 2 saturated heterocycles. The van der Waals surface area contributed by atoms with Gasteiger partial charge in [-0.15, -0.1) is 5.10 Å². The molecule has 2 aromatic heterocycles. The van der Waals surface area contributed by atoms with Crippen molar-refractivity contribution in [3.8, 4) is 11.4 Å². The van der Waals surface area contributed by atoms with E-state index in [1.54, 1.807) is 0 Å². The maximum Gasteiger partial charge on any atom is 0.131 e. The van der Waals surface area contributed by atoms with E-state index in [1.165, 1.54) is 24.9 Å². The van der Waals surface area contributed by atoms with E-state index in [9.17, 15) is 0 Å². The summed E-state index contributed by atoms with van der Waals surface area (Å²) in [5.41, 5.74) is 4.50. The van der Waals surface area contributed by atoms with Crippen molar-refractivity contribution in [2.45, 2.75) is 59.1 Å². The summed E-state index contributed by atoms with van der Waals surface area (Å²) >= 11 is 0. The molecule has 0 spiro atoms. The lowest BCUT2D eigenvalue weighted by Gasteiger charge is -2.22. The fraction of sp³-hybridized carbons (Fsp3) is 0.650. The number of anilines is 1. The second kappa shape index (κ2) is 6.99. The number of hydrogen-bond acceptors (Lipinski definition) is 5. The van der Waals surface area contributed by atoms with E-state index >= 15 is 0 Å². The zero-order valence-electron chi connectivity index (χ0n) is 16.1. The Labute approximate surface area is 155 Å². The van der Waals surface area contributed by atoms with Crippen molar-refractivity contribution in [2.24, 2.45) is 5.41 Å². The molecule has 2 fully saturated rings. The van der Waals surface area contributed by atoms with Crippen LogP contribution < -0.4 is 4.90 Å². The van der Waals surface area contributed by atoms with Gasteiger partial charge < -0.3 is 9.64 Å². The Morgan fingerprint density at radius 2 is 2.19 bits per heavy atom. The summed E-state index contributed by atoms with van der Waals surface area (Å²) in [7, 11) is 0. The normalized spacial score (nSPS) is 22.7. The number of hydrogen-bond donors (Lipinski definition) is 0. The highest BCUT2D eigenvalue weighted by Gasteiger charge is 2.29. The summed E-state index contributed by atoms with van der Waals surface area (Å²) in [6.45, 7) is 10.6. The average molecular weight is 355 g/mol. The molecule has 0 radical (unpaired) electrons. The quantitative estimate of drug-likeness (QED) is 0.841. The number of nitrogens with zero attached hydrogens (tertiary/aromatic N) is 5. The lowest BCUT2D eigenvalue weighted by molar-refractivity contribution is 0.00370. The predicted molar refractivity (Wildman–Crippen MR) is 102 cm³/mol. The van der Waals surface area contributed by atoms with Gasteiger partial charge in [0.15, 0.2) is 0 Å². The molecule has 1 unspecified atom stereocenters. The van der Waals surface area contributed by atoms with Crippen LogP contribution in [0.25, 0.3) is 11.4 Å². The maximum atomic E-state index is 5.80. The van der Waals surface area contributed by atoms with E-state index in [4.69, 9.17) is 9.72 Å². The zero-order chi connectivity index (χ0) is 18.1. The predicted octanol–water partition coefficient (Wildman–Crippen LogP) is 3.45. The van der Waals surface area contributed by atoms with Gasteiger partial charge >= 0.3 is 0 Å². The van der Waals surface area contributed by atoms with Crippen molar-refractivity contribution in [1.82, 2.24) is 20.0 Å². The number of aromatic nitrogens is 4. The van der Waals surface area contributed by atoms with Gasteiger partial charge in [0.05, 0.1) is 36.4 Å². The van der Waals surface area contributed by atoms with Crippen LogP contribution in [-0.4, -0.2) is 45.8 Å². The van der Waals surface area contributed by atoms with Crippen molar-refractivity contribution in [3.05, 3.63) is 24.0 Å². The third-order valence-electron chi connectivity index (χ3n) is 5.55. The Morgan fingerprint density at radius 1 is 1.31 bits per heavy atom. The zero-order valence-corrected chi connectivity index (χ0v) is 16.1. The Morgan fingerprint density at radius 3 is 2.88 bits per heavy atom. The lowest BCUT2D eigenvalue weighted by Crippen LogP contribution is -2.24. The smallest absolute Gasteiger partial charge is 0.131 e. The molecule has 4 heterocycles. The topological polar surface area (TPSA) is 56.1 Å². The lowest BCUT2D eigenvalue weighted by atomic mass is 9.93. The third kappa shape index (κ3) is 3.75. The van der Waals surface area contributed by atoms with E-state index in [0.29, 0.717) is 5.41 Å². The maximum absolute atomic E-state index is 5.80. The van der Waals surface area contributed by atoms with E-state index < -0.39 is 0 Å². The Kier molecular flexibility index (Phi) is 4.69. The summed E-state index contributed by atoms with van der Waals surface area (Å²) in [6.07, 6.45) is 8.97. The van der Waals surface area contributed by atoms with Crippen LogP contribution >= 0.6 is 0 Å². The van der Waals surface area contributed by atoms with Crippen LogP contribution in [0.15, 0.2) is 18.5 Å². The second-order valence-electron chi connectivity index (χ2n) is 8.51. The molecular formula is C20H29N5O. The Bertz CT molecular complexity index is 763. The Hall–Kier alpha value is -1.95. The fourth-order valence-electron chi connectivity index (χ4n) is 3.99. The standard InChI is InChI=1S/C20H29N5O/c1-15-10-16(24-8-7-20(2,3)14-24)11-21-19(15)18-13-25(23-22-18)12-17-6-4-5-9-26-17/h10-11,13,17H,4-9,12,14H2,1-3H3. The van der Waals surface area contributed by atoms with Crippen molar-refractivity contribution in [2.75, 3.05) is 24.6 Å². The van der Waals surface area contributed by atoms with Gasteiger partial charge in [0.1, 0.15) is 5.69 Å². The molecule has 6 nitrogen and oxygen atoms in total. The molecular weight excluding hydrogens is 326 g/mol. The Balaban J connectivity index is 1.48. The summed E-state index contributed by atoms with van der Waals surface area (Å²) in [4.78, 5) is 7.14. The minimum Gasteiger partial charge on any atom is -0.376 e. The molecule has 0 aromatic carbocycles. The van der Waals surface area contributed by atoms with Crippen LogP contribution in [0, 0.1) is 12.3 Å². The van der Waals surface area contributed by atoms with Crippen molar-refractivity contribution in [1.29, 1.82) is 0 Å². The first kappa shape index (κ1) is 17.5. The van der Waals surface area contributed by atoms with Gasteiger partial charge in [-0.05, 0) is 49.7 Å². The summed E-state index contributed by atoms with van der Waals surface area (Å²) in [6, 6.07) is 2.23. The minimum absolute atomic E-state index is 0.258. The van der Waals surface area contributed by atoms with E-state index in [1.807, 2.05) is 17.1 Å². The highest BCUT2D eigenvalue weighted by atomic mass is 16.5. The van der Waals surface area contributed by atoms with Gasteiger partial charge in [-0.3, -0.25) is 4.98 Å². The summed E-state index contributed by atoms with van der Waals surface area (Å²) < 4.78 is 7.69. The highest BCUT2D eigenvalue weighted by molar-refractivity contribution is 5.61. The van der Waals surface area contributed by atoms with E-state index in [0.717, 1.165) is 49.6 Å². The van der Waals surface area contributed by atoms with Crippen LogP contribution in [0.3, 0.4) is 0 Å². The first-order valence-electron chi connectivity index (χ1n) is 9.74. The molecule has 2 aliphatic heterocycles. The molecule has 140 valence electrons. The van der Waals surface area contributed by atoms with Crippen molar-refractivity contribution < 1.29 is 4.74 Å². The van der Waals surface area contributed by atoms with Crippen LogP contribution in [0.2, 0.25) is 0 Å². The molecule has 0 saturated carbocycles. The molecule has 4 rings (SSSR count). The number of ether oxygens (including phenoxy) is 1.